The van der Waals surface area contributed by atoms with Crippen molar-refractivity contribution < 1.29 is 14.3 Å². The van der Waals surface area contributed by atoms with E-state index < -0.39 is 5.41 Å². The molecule has 4 rings (SSSR count). The first kappa shape index (κ1) is 19.5. The molecule has 2 aromatic carbocycles. The maximum Gasteiger partial charge on any atom is 0.410 e. The largest absolute Gasteiger partial charge is 0.445 e. The van der Waals surface area contributed by atoms with Gasteiger partial charge in [0.05, 0.1) is 5.41 Å². The van der Waals surface area contributed by atoms with Crippen molar-refractivity contribution in [3.63, 3.8) is 0 Å². The third-order valence-electron chi connectivity index (χ3n) is 6.30. The number of carbonyl (C=O) groups is 2. The zero-order valence-electron chi connectivity index (χ0n) is 16.9. The molecule has 2 aliphatic heterocycles. The van der Waals surface area contributed by atoms with Gasteiger partial charge >= 0.3 is 6.09 Å². The second-order valence-electron chi connectivity index (χ2n) is 8.23. The molecule has 2 atom stereocenters. The van der Waals surface area contributed by atoms with Crippen LogP contribution in [-0.2, 0) is 21.6 Å². The van der Waals surface area contributed by atoms with Crippen LogP contribution >= 0.6 is 0 Å². The SMILES string of the molecule is C[C@@]1(c2ccccc2)CCN([C@H]2CCCN(C(=O)OCc3ccccc3)C2)C1=O. The number of amides is 2. The third-order valence-corrected chi connectivity index (χ3v) is 6.30. The summed E-state index contributed by atoms with van der Waals surface area (Å²) in [6.07, 6.45) is 2.33. The third kappa shape index (κ3) is 4.00. The van der Waals surface area contributed by atoms with Gasteiger partial charge in [-0.1, -0.05) is 60.7 Å². The van der Waals surface area contributed by atoms with Gasteiger partial charge in [0.1, 0.15) is 6.61 Å². The lowest BCUT2D eigenvalue weighted by Gasteiger charge is -2.37. The Balaban J connectivity index is 1.38. The lowest BCUT2D eigenvalue weighted by molar-refractivity contribution is -0.134. The Kier molecular flexibility index (Phi) is 5.56. The summed E-state index contributed by atoms with van der Waals surface area (Å²) >= 11 is 0. The molecule has 29 heavy (non-hydrogen) atoms. The van der Waals surface area contributed by atoms with E-state index in [2.05, 4.69) is 0 Å². The number of carbonyl (C=O) groups excluding carboxylic acids is 2. The minimum atomic E-state index is -0.475. The molecule has 152 valence electrons. The molecule has 0 saturated carbocycles. The van der Waals surface area contributed by atoms with Crippen LogP contribution in [0.5, 0.6) is 0 Å². The normalized spacial score (nSPS) is 24.6. The average molecular weight is 392 g/mol. The summed E-state index contributed by atoms with van der Waals surface area (Å²) in [6, 6.07) is 19.8. The molecular weight excluding hydrogens is 364 g/mol. The summed E-state index contributed by atoms with van der Waals surface area (Å²) in [5, 5.41) is 0. The number of piperidine rings is 1. The number of likely N-dealkylation sites (tertiary alicyclic amines) is 2. The van der Waals surface area contributed by atoms with Crippen LogP contribution in [0.25, 0.3) is 0 Å². The Morgan fingerprint density at radius 1 is 1.07 bits per heavy atom. The summed E-state index contributed by atoms with van der Waals surface area (Å²) in [5.41, 5.74) is 1.57. The van der Waals surface area contributed by atoms with Crippen LogP contribution in [0.2, 0.25) is 0 Å². The zero-order chi connectivity index (χ0) is 20.3. The quantitative estimate of drug-likeness (QED) is 0.791. The van der Waals surface area contributed by atoms with E-state index in [9.17, 15) is 9.59 Å². The number of hydrogen-bond acceptors (Lipinski definition) is 3. The van der Waals surface area contributed by atoms with Gasteiger partial charge in [-0.05, 0) is 37.3 Å². The fraction of sp³-hybridized carbons (Fsp3) is 0.417. The number of hydrogen-bond donors (Lipinski definition) is 0. The molecule has 2 saturated heterocycles. The highest BCUT2D eigenvalue weighted by Gasteiger charge is 2.47. The first-order chi connectivity index (χ1) is 14.1. The molecule has 0 aliphatic carbocycles. The predicted molar refractivity (Wildman–Crippen MR) is 111 cm³/mol. The standard InChI is InChI=1S/C24H28N2O3/c1-24(20-11-6-3-7-12-20)14-16-26(22(24)27)21-13-8-15-25(17-21)23(28)29-18-19-9-4-2-5-10-19/h2-7,9-12,21H,8,13-18H2,1H3/t21-,24-/m0/s1. The van der Waals surface area contributed by atoms with Crippen molar-refractivity contribution in [3.05, 3.63) is 71.8 Å². The number of rotatable bonds is 4. The highest BCUT2D eigenvalue weighted by atomic mass is 16.6. The average Bonchev–Trinajstić information content (AvgIpc) is 3.09. The fourth-order valence-corrected chi connectivity index (χ4v) is 4.48. The summed E-state index contributed by atoms with van der Waals surface area (Å²) in [6.45, 7) is 4.28. The van der Waals surface area contributed by atoms with E-state index in [-0.39, 0.29) is 24.6 Å². The van der Waals surface area contributed by atoms with Gasteiger partial charge in [0.15, 0.2) is 0 Å². The Labute approximate surface area is 172 Å². The number of ether oxygens (including phenoxy) is 1. The monoisotopic (exact) mass is 392 g/mol. The van der Waals surface area contributed by atoms with Gasteiger partial charge in [-0.15, -0.1) is 0 Å². The number of nitrogens with zero attached hydrogens (tertiary/aromatic N) is 2. The van der Waals surface area contributed by atoms with Crippen molar-refractivity contribution in [1.29, 1.82) is 0 Å². The van der Waals surface area contributed by atoms with E-state index >= 15 is 0 Å². The molecule has 0 bridgehead atoms. The first-order valence-electron chi connectivity index (χ1n) is 10.4. The second kappa shape index (κ2) is 8.27. The summed E-state index contributed by atoms with van der Waals surface area (Å²) in [5.74, 6) is 0.174. The van der Waals surface area contributed by atoms with Crippen LogP contribution in [0, 0.1) is 0 Å². The van der Waals surface area contributed by atoms with Crippen molar-refractivity contribution in [1.82, 2.24) is 9.80 Å². The summed E-state index contributed by atoms with van der Waals surface area (Å²) < 4.78 is 5.50. The zero-order valence-corrected chi connectivity index (χ0v) is 16.9. The molecule has 2 amide bonds. The fourth-order valence-electron chi connectivity index (χ4n) is 4.48. The van der Waals surface area contributed by atoms with Gasteiger partial charge in [0.25, 0.3) is 0 Å². The minimum absolute atomic E-state index is 0.0612. The van der Waals surface area contributed by atoms with Crippen LogP contribution in [-0.4, -0.2) is 47.5 Å². The molecule has 0 spiro atoms. The van der Waals surface area contributed by atoms with E-state index in [1.54, 1.807) is 4.90 Å². The molecule has 2 aromatic rings. The van der Waals surface area contributed by atoms with Crippen molar-refractivity contribution in [2.75, 3.05) is 19.6 Å². The minimum Gasteiger partial charge on any atom is -0.445 e. The van der Waals surface area contributed by atoms with Gasteiger partial charge < -0.3 is 14.5 Å². The topological polar surface area (TPSA) is 49.9 Å². The van der Waals surface area contributed by atoms with Crippen LogP contribution < -0.4 is 0 Å². The second-order valence-corrected chi connectivity index (χ2v) is 8.23. The molecule has 0 radical (unpaired) electrons. The molecule has 0 N–H and O–H groups in total. The summed E-state index contributed by atoms with van der Waals surface area (Å²) in [7, 11) is 0. The van der Waals surface area contributed by atoms with Gasteiger partial charge in [-0.25, -0.2) is 4.79 Å². The van der Waals surface area contributed by atoms with Gasteiger partial charge in [-0.2, -0.15) is 0 Å². The Bertz CT molecular complexity index is 855. The maximum absolute atomic E-state index is 13.3. The van der Waals surface area contributed by atoms with E-state index in [0.717, 1.165) is 36.9 Å². The maximum atomic E-state index is 13.3. The van der Waals surface area contributed by atoms with Crippen molar-refractivity contribution >= 4 is 12.0 Å². The summed E-state index contributed by atoms with van der Waals surface area (Å²) in [4.78, 5) is 29.6. The lowest BCUT2D eigenvalue weighted by Crippen LogP contribution is -2.51. The van der Waals surface area contributed by atoms with E-state index in [0.29, 0.717) is 13.1 Å². The van der Waals surface area contributed by atoms with E-state index in [1.165, 1.54) is 0 Å². The Hall–Kier alpha value is -2.82. The molecule has 5 heteroatoms. The Morgan fingerprint density at radius 2 is 1.76 bits per heavy atom. The molecule has 2 heterocycles. The first-order valence-corrected chi connectivity index (χ1v) is 10.4. The van der Waals surface area contributed by atoms with Crippen LogP contribution in [0.3, 0.4) is 0 Å². The van der Waals surface area contributed by atoms with Crippen molar-refractivity contribution in [2.45, 2.75) is 44.2 Å². The van der Waals surface area contributed by atoms with Crippen LogP contribution in [0.4, 0.5) is 4.79 Å². The number of benzene rings is 2. The van der Waals surface area contributed by atoms with E-state index in [4.69, 9.17) is 4.74 Å². The van der Waals surface area contributed by atoms with Gasteiger partial charge in [0.2, 0.25) is 5.91 Å². The highest BCUT2D eigenvalue weighted by Crippen LogP contribution is 2.37. The Morgan fingerprint density at radius 3 is 2.48 bits per heavy atom. The molecule has 2 fully saturated rings. The molecular formula is C24H28N2O3. The van der Waals surface area contributed by atoms with Crippen LogP contribution in [0.1, 0.15) is 37.3 Å². The van der Waals surface area contributed by atoms with Crippen LogP contribution in [0.15, 0.2) is 60.7 Å². The van der Waals surface area contributed by atoms with Gasteiger partial charge in [0, 0.05) is 25.7 Å². The highest BCUT2D eigenvalue weighted by molar-refractivity contribution is 5.90. The molecule has 5 nitrogen and oxygen atoms in total. The predicted octanol–water partition coefficient (Wildman–Crippen LogP) is 3.98. The van der Waals surface area contributed by atoms with Gasteiger partial charge in [-0.3, -0.25) is 4.79 Å². The molecule has 2 aliphatic rings. The van der Waals surface area contributed by atoms with Crippen molar-refractivity contribution in [3.8, 4) is 0 Å². The molecule has 0 aromatic heterocycles. The lowest BCUT2D eigenvalue weighted by atomic mass is 9.81. The molecule has 0 unspecified atom stereocenters. The smallest absolute Gasteiger partial charge is 0.410 e. The van der Waals surface area contributed by atoms with Crippen molar-refractivity contribution in [2.24, 2.45) is 0 Å². The van der Waals surface area contributed by atoms with E-state index in [1.807, 2.05) is 72.5 Å².